The highest BCUT2D eigenvalue weighted by Crippen LogP contribution is 2.11. The molecule has 1 aromatic rings. The van der Waals surface area contributed by atoms with Crippen molar-refractivity contribution in [2.45, 2.75) is 26.3 Å². The van der Waals surface area contributed by atoms with Crippen molar-refractivity contribution < 1.29 is 9.53 Å². The molecule has 0 atom stereocenters. The molecule has 0 saturated carbocycles. The SMILES string of the molecule is COc1ccc(CCNC(=O)CNC(C)C)cc1. The van der Waals surface area contributed by atoms with Crippen molar-refractivity contribution in [2.75, 3.05) is 20.2 Å². The van der Waals surface area contributed by atoms with Crippen LogP contribution >= 0.6 is 0 Å². The van der Waals surface area contributed by atoms with Crippen molar-refractivity contribution in [3.05, 3.63) is 29.8 Å². The Morgan fingerprint density at radius 2 is 1.94 bits per heavy atom. The average Bonchev–Trinajstić information content (AvgIpc) is 2.37. The Kier molecular flexibility index (Phi) is 6.22. The van der Waals surface area contributed by atoms with Crippen LogP contribution in [-0.4, -0.2) is 32.1 Å². The van der Waals surface area contributed by atoms with E-state index in [1.807, 2.05) is 38.1 Å². The van der Waals surface area contributed by atoms with Crippen LogP contribution in [0.3, 0.4) is 0 Å². The minimum atomic E-state index is 0.0391. The van der Waals surface area contributed by atoms with Gasteiger partial charge in [-0.3, -0.25) is 4.79 Å². The maximum absolute atomic E-state index is 11.4. The summed E-state index contributed by atoms with van der Waals surface area (Å²) in [5.41, 5.74) is 1.19. The van der Waals surface area contributed by atoms with Gasteiger partial charge in [0.05, 0.1) is 13.7 Å². The molecule has 0 heterocycles. The topological polar surface area (TPSA) is 50.4 Å². The summed E-state index contributed by atoms with van der Waals surface area (Å²) in [5, 5.41) is 5.96. The van der Waals surface area contributed by atoms with E-state index < -0.39 is 0 Å². The van der Waals surface area contributed by atoms with Crippen molar-refractivity contribution in [1.29, 1.82) is 0 Å². The molecule has 1 amide bonds. The lowest BCUT2D eigenvalue weighted by molar-refractivity contribution is -0.120. The molecule has 0 aliphatic heterocycles. The normalized spacial score (nSPS) is 10.4. The Labute approximate surface area is 109 Å². The van der Waals surface area contributed by atoms with E-state index in [0.717, 1.165) is 12.2 Å². The van der Waals surface area contributed by atoms with Crippen LogP contribution in [0.2, 0.25) is 0 Å². The van der Waals surface area contributed by atoms with Gasteiger partial charge >= 0.3 is 0 Å². The molecule has 4 heteroatoms. The number of carbonyl (C=O) groups excluding carboxylic acids is 1. The Morgan fingerprint density at radius 1 is 1.28 bits per heavy atom. The Morgan fingerprint density at radius 3 is 2.50 bits per heavy atom. The summed E-state index contributed by atoms with van der Waals surface area (Å²) in [6, 6.07) is 8.21. The van der Waals surface area contributed by atoms with Crippen molar-refractivity contribution in [2.24, 2.45) is 0 Å². The summed E-state index contributed by atoms with van der Waals surface area (Å²) in [6.07, 6.45) is 0.831. The summed E-state index contributed by atoms with van der Waals surface area (Å²) >= 11 is 0. The summed E-state index contributed by atoms with van der Waals surface area (Å²) < 4.78 is 5.09. The van der Waals surface area contributed by atoms with Crippen molar-refractivity contribution in [3.63, 3.8) is 0 Å². The minimum Gasteiger partial charge on any atom is -0.497 e. The molecule has 4 nitrogen and oxygen atoms in total. The van der Waals surface area contributed by atoms with E-state index in [1.54, 1.807) is 7.11 Å². The molecule has 100 valence electrons. The van der Waals surface area contributed by atoms with Gasteiger partial charge in [0, 0.05) is 12.6 Å². The largest absolute Gasteiger partial charge is 0.497 e. The van der Waals surface area contributed by atoms with Gasteiger partial charge in [0.15, 0.2) is 0 Å². The molecular formula is C14H22N2O2. The van der Waals surface area contributed by atoms with E-state index >= 15 is 0 Å². The van der Waals surface area contributed by atoms with Crippen LogP contribution in [0.25, 0.3) is 0 Å². The summed E-state index contributed by atoms with van der Waals surface area (Å²) in [5.74, 6) is 0.890. The Bertz CT molecular complexity index is 361. The number of benzene rings is 1. The first-order valence-corrected chi connectivity index (χ1v) is 6.25. The van der Waals surface area contributed by atoms with Gasteiger partial charge in [0.25, 0.3) is 0 Å². The molecular weight excluding hydrogens is 228 g/mol. The summed E-state index contributed by atoms with van der Waals surface area (Å²) in [7, 11) is 1.65. The third kappa shape index (κ3) is 5.68. The first-order valence-electron chi connectivity index (χ1n) is 6.25. The molecule has 0 spiro atoms. The zero-order valence-electron chi connectivity index (χ0n) is 11.3. The first-order chi connectivity index (χ1) is 8.61. The monoisotopic (exact) mass is 250 g/mol. The van der Waals surface area contributed by atoms with Gasteiger partial charge in [0.1, 0.15) is 5.75 Å². The molecule has 0 bridgehead atoms. The van der Waals surface area contributed by atoms with Gasteiger partial charge in [-0.1, -0.05) is 26.0 Å². The number of hydrogen-bond acceptors (Lipinski definition) is 3. The smallest absolute Gasteiger partial charge is 0.233 e. The lowest BCUT2D eigenvalue weighted by Gasteiger charge is -2.09. The van der Waals surface area contributed by atoms with Crippen LogP contribution < -0.4 is 15.4 Å². The van der Waals surface area contributed by atoms with E-state index in [4.69, 9.17) is 4.74 Å². The van der Waals surface area contributed by atoms with Gasteiger partial charge < -0.3 is 15.4 Å². The maximum Gasteiger partial charge on any atom is 0.233 e. The zero-order valence-corrected chi connectivity index (χ0v) is 11.3. The van der Waals surface area contributed by atoms with Crippen LogP contribution in [0.4, 0.5) is 0 Å². The maximum atomic E-state index is 11.4. The standard InChI is InChI=1S/C14H22N2O2/c1-11(2)16-10-14(17)15-9-8-12-4-6-13(18-3)7-5-12/h4-7,11,16H,8-10H2,1-3H3,(H,15,17). The molecule has 1 rings (SSSR count). The van der Waals surface area contributed by atoms with Gasteiger partial charge in [-0.05, 0) is 24.1 Å². The predicted molar refractivity (Wildman–Crippen MR) is 72.8 cm³/mol. The van der Waals surface area contributed by atoms with Gasteiger partial charge in [-0.25, -0.2) is 0 Å². The highest BCUT2D eigenvalue weighted by molar-refractivity contribution is 5.77. The number of amides is 1. The second-order valence-electron chi connectivity index (χ2n) is 4.48. The fourth-order valence-electron chi connectivity index (χ4n) is 1.50. The lowest BCUT2D eigenvalue weighted by atomic mass is 10.1. The third-order valence-electron chi connectivity index (χ3n) is 2.57. The molecule has 0 aromatic heterocycles. The van der Waals surface area contributed by atoms with Gasteiger partial charge in [-0.2, -0.15) is 0 Å². The van der Waals surface area contributed by atoms with Crippen molar-refractivity contribution in [1.82, 2.24) is 10.6 Å². The third-order valence-corrected chi connectivity index (χ3v) is 2.57. The van der Waals surface area contributed by atoms with Crippen molar-refractivity contribution >= 4 is 5.91 Å². The minimum absolute atomic E-state index is 0.0391. The van der Waals surface area contributed by atoms with E-state index in [0.29, 0.717) is 19.1 Å². The van der Waals surface area contributed by atoms with Crippen LogP contribution in [0.5, 0.6) is 5.75 Å². The van der Waals surface area contributed by atoms with Gasteiger partial charge in [-0.15, -0.1) is 0 Å². The average molecular weight is 250 g/mol. The highest BCUT2D eigenvalue weighted by atomic mass is 16.5. The molecule has 0 unspecified atom stereocenters. The predicted octanol–water partition coefficient (Wildman–Crippen LogP) is 1.35. The quantitative estimate of drug-likeness (QED) is 0.768. The lowest BCUT2D eigenvalue weighted by Crippen LogP contribution is -2.37. The van der Waals surface area contributed by atoms with Crippen LogP contribution in [0.15, 0.2) is 24.3 Å². The number of ether oxygens (including phenoxy) is 1. The Hall–Kier alpha value is -1.55. The van der Waals surface area contributed by atoms with Crippen LogP contribution in [0, 0.1) is 0 Å². The molecule has 18 heavy (non-hydrogen) atoms. The van der Waals surface area contributed by atoms with Crippen LogP contribution in [0.1, 0.15) is 19.4 Å². The number of nitrogens with one attached hydrogen (secondary N) is 2. The first kappa shape index (κ1) is 14.5. The van der Waals surface area contributed by atoms with Crippen LogP contribution in [-0.2, 0) is 11.2 Å². The van der Waals surface area contributed by atoms with Gasteiger partial charge in [0.2, 0.25) is 5.91 Å². The molecule has 2 N–H and O–H groups in total. The fourth-order valence-corrected chi connectivity index (χ4v) is 1.50. The zero-order chi connectivity index (χ0) is 13.4. The molecule has 0 fully saturated rings. The number of rotatable bonds is 7. The van der Waals surface area contributed by atoms with E-state index in [9.17, 15) is 4.79 Å². The number of carbonyl (C=O) groups is 1. The van der Waals surface area contributed by atoms with E-state index in [2.05, 4.69) is 10.6 Å². The Balaban J connectivity index is 2.22. The summed E-state index contributed by atoms with van der Waals surface area (Å²) in [6.45, 7) is 5.07. The molecule has 0 radical (unpaired) electrons. The molecule has 1 aromatic carbocycles. The molecule has 0 aliphatic rings. The van der Waals surface area contributed by atoms with E-state index in [-0.39, 0.29) is 5.91 Å². The fraction of sp³-hybridized carbons (Fsp3) is 0.500. The summed E-state index contributed by atoms with van der Waals surface area (Å²) in [4.78, 5) is 11.4. The number of methoxy groups -OCH3 is 1. The van der Waals surface area contributed by atoms with E-state index in [1.165, 1.54) is 5.56 Å². The number of hydrogen-bond donors (Lipinski definition) is 2. The molecule has 0 aliphatic carbocycles. The second-order valence-corrected chi connectivity index (χ2v) is 4.48. The van der Waals surface area contributed by atoms with Crippen molar-refractivity contribution in [3.8, 4) is 5.75 Å². The molecule has 0 saturated heterocycles. The highest BCUT2D eigenvalue weighted by Gasteiger charge is 2.01. The second kappa shape index (κ2) is 7.71.